The lowest BCUT2D eigenvalue weighted by Crippen LogP contribution is -2.34. The van der Waals surface area contributed by atoms with Crippen LogP contribution in [0.3, 0.4) is 0 Å². The minimum absolute atomic E-state index is 0.746. The smallest absolute Gasteiger partial charge is 0.0380 e. The lowest BCUT2D eigenvalue weighted by Gasteiger charge is -2.32. The van der Waals surface area contributed by atoms with Crippen molar-refractivity contribution >= 4 is 37.5 Å². The van der Waals surface area contributed by atoms with Crippen molar-refractivity contribution in [2.45, 2.75) is 57.3 Å². The molecule has 1 nitrogen and oxygen atoms in total. The van der Waals surface area contributed by atoms with E-state index in [2.05, 4.69) is 68.8 Å². The molecule has 20 heavy (non-hydrogen) atoms. The topological polar surface area (TPSA) is 3.24 Å². The average Bonchev–Trinajstić information content (AvgIpc) is 2.93. The lowest BCUT2D eigenvalue weighted by molar-refractivity contribution is 0.528. The summed E-state index contributed by atoms with van der Waals surface area (Å²) in [7, 11) is 0. The van der Waals surface area contributed by atoms with Crippen LogP contribution in [0, 0.1) is 5.92 Å². The number of nitrogens with zero attached hydrogens (tertiary/aromatic N) is 1. The van der Waals surface area contributed by atoms with Gasteiger partial charge >= 0.3 is 0 Å². The second kappa shape index (κ2) is 7.84. The highest BCUT2D eigenvalue weighted by Crippen LogP contribution is 2.32. The van der Waals surface area contributed by atoms with E-state index in [4.69, 9.17) is 0 Å². The van der Waals surface area contributed by atoms with Crippen LogP contribution in [0.5, 0.6) is 0 Å². The summed E-state index contributed by atoms with van der Waals surface area (Å²) in [6.07, 6.45) is 6.77. The Balaban J connectivity index is 2.18. The van der Waals surface area contributed by atoms with Crippen molar-refractivity contribution < 1.29 is 0 Å². The zero-order chi connectivity index (χ0) is 14.5. The van der Waals surface area contributed by atoms with Gasteiger partial charge in [-0.05, 0) is 42.9 Å². The first kappa shape index (κ1) is 16.4. The second-order valence-electron chi connectivity index (χ2n) is 6.22. The van der Waals surface area contributed by atoms with Crippen LogP contribution in [0.25, 0.3) is 0 Å². The molecule has 1 saturated carbocycles. The average molecular weight is 403 g/mol. The van der Waals surface area contributed by atoms with E-state index >= 15 is 0 Å². The van der Waals surface area contributed by atoms with E-state index in [0.717, 1.165) is 17.3 Å². The van der Waals surface area contributed by atoms with Gasteiger partial charge in [0, 0.05) is 28.1 Å². The van der Waals surface area contributed by atoms with Crippen molar-refractivity contribution in [3.05, 3.63) is 28.2 Å². The van der Waals surface area contributed by atoms with Crippen LogP contribution in [-0.4, -0.2) is 12.6 Å². The molecule has 0 amide bonds. The number of halogens is 2. The third-order valence-corrected chi connectivity index (χ3v) is 5.57. The maximum atomic E-state index is 3.71. The Bertz CT molecular complexity index is 425. The molecule has 0 heterocycles. The van der Waals surface area contributed by atoms with Crippen LogP contribution in [-0.2, 0) is 5.33 Å². The molecule has 0 aromatic heterocycles. The Morgan fingerprint density at radius 2 is 1.95 bits per heavy atom. The Kier molecular flexibility index (Phi) is 6.41. The summed E-state index contributed by atoms with van der Waals surface area (Å²) in [5, 5.41) is 0.906. The van der Waals surface area contributed by atoms with Crippen LogP contribution in [0.4, 0.5) is 5.69 Å². The maximum Gasteiger partial charge on any atom is 0.0380 e. The van der Waals surface area contributed by atoms with Gasteiger partial charge in [0.05, 0.1) is 0 Å². The van der Waals surface area contributed by atoms with Gasteiger partial charge in [0.25, 0.3) is 0 Å². The summed E-state index contributed by atoms with van der Waals surface area (Å²) in [4.78, 5) is 2.65. The third kappa shape index (κ3) is 4.24. The van der Waals surface area contributed by atoms with E-state index < -0.39 is 0 Å². The van der Waals surface area contributed by atoms with E-state index in [1.807, 2.05) is 0 Å². The summed E-state index contributed by atoms with van der Waals surface area (Å²) in [5.41, 5.74) is 2.71. The molecule has 1 aromatic rings. The Hall–Kier alpha value is -0.0200. The largest absolute Gasteiger partial charge is 0.369 e. The summed E-state index contributed by atoms with van der Waals surface area (Å²) in [6, 6.07) is 7.58. The van der Waals surface area contributed by atoms with Crippen LogP contribution in [0.1, 0.15) is 51.5 Å². The van der Waals surface area contributed by atoms with E-state index in [-0.39, 0.29) is 0 Å². The van der Waals surface area contributed by atoms with Crippen molar-refractivity contribution in [1.82, 2.24) is 0 Å². The van der Waals surface area contributed by atoms with Gasteiger partial charge in [-0.2, -0.15) is 0 Å². The highest BCUT2D eigenvalue weighted by Gasteiger charge is 2.23. The maximum absolute atomic E-state index is 3.71. The van der Waals surface area contributed by atoms with E-state index in [1.165, 1.54) is 54.4 Å². The first-order chi connectivity index (χ1) is 9.61. The van der Waals surface area contributed by atoms with Crippen LogP contribution >= 0.6 is 31.9 Å². The van der Waals surface area contributed by atoms with Crippen molar-refractivity contribution in [3.8, 4) is 0 Å². The van der Waals surface area contributed by atoms with Crippen molar-refractivity contribution in [1.29, 1.82) is 0 Å². The quantitative estimate of drug-likeness (QED) is 0.516. The van der Waals surface area contributed by atoms with Crippen molar-refractivity contribution in [2.24, 2.45) is 5.92 Å². The number of anilines is 1. The first-order valence-electron chi connectivity index (χ1n) is 7.73. The summed E-state index contributed by atoms with van der Waals surface area (Å²) in [5.74, 6) is 0.768. The number of hydrogen-bond acceptors (Lipinski definition) is 1. The van der Waals surface area contributed by atoms with Crippen LogP contribution < -0.4 is 4.90 Å². The van der Waals surface area contributed by atoms with E-state index in [1.54, 1.807) is 0 Å². The number of hydrogen-bond donors (Lipinski definition) is 0. The molecule has 3 heteroatoms. The third-order valence-electron chi connectivity index (χ3n) is 4.23. The molecule has 0 N–H and O–H groups in total. The zero-order valence-corrected chi connectivity index (χ0v) is 15.7. The Morgan fingerprint density at radius 1 is 1.25 bits per heavy atom. The summed E-state index contributed by atoms with van der Waals surface area (Å²) in [6.45, 7) is 5.82. The Labute approximate surface area is 140 Å². The standard InChI is InChI=1S/C17H25Br2N/c1-13(2)9-10-20(15-5-3-4-6-15)16-8-7-14(12-18)17(19)11-16/h7-8,11,13,15H,3-6,9-10,12H2,1-2H3. The normalized spacial score (nSPS) is 16.1. The fourth-order valence-electron chi connectivity index (χ4n) is 2.96. The molecule has 1 fully saturated rings. The van der Waals surface area contributed by atoms with E-state index in [9.17, 15) is 0 Å². The van der Waals surface area contributed by atoms with Crippen molar-refractivity contribution in [2.75, 3.05) is 11.4 Å². The van der Waals surface area contributed by atoms with Gasteiger partial charge in [0.1, 0.15) is 0 Å². The fourth-order valence-corrected chi connectivity index (χ4v) is 4.33. The lowest BCUT2D eigenvalue weighted by atomic mass is 10.1. The van der Waals surface area contributed by atoms with Gasteiger partial charge < -0.3 is 4.90 Å². The molecule has 0 saturated heterocycles. The molecule has 0 radical (unpaired) electrons. The highest BCUT2D eigenvalue weighted by molar-refractivity contribution is 9.10. The molecule has 0 bridgehead atoms. The molecule has 112 valence electrons. The minimum atomic E-state index is 0.746. The molecular formula is C17H25Br2N. The van der Waals surface area contributed by atoms with Crippen molar-refractivity contribution in [3.63, 3.8) is 0 Å². The molecule has 0 aliphatic heterocycles. The second-order valence-corrected chi connectivity index (χ2v) is 7.64. The molecule has 1 aliphatic carbocycles. The summed E-state index contributed by atoms with van der Waals surface area (Å²) >= 11 is 7.25. The number of rotatable bonds is 6. The van der Waals surface area contributed by atoms with Gasteiger partial charge in [-0.3, -0.25) is 0 Å². The molecular weight excluding hydrogens is 378 g/mol. The predicted molar refractivity (Wildman–Crippen MR) is 95.8 cm³/mol. The zero-order valence-electron chi connectivity index (χ0n) is 12.5. The molecule has 2 rings (SSSR count). The van der Waals surface area contributed by atoms with E-state index in [0.29, 0.717) is 0 Å². The SMILES string of the molecule is CC(C)CCN(c1ccc(CBr)c(Br)c1)C1CCCC1. The molecule has 1 aromatic carbocycles. The number of alkyl halides is 1. The first-order valence-corrected chi connectivity index (χ1v) is 9.64. The molecule has 1 aliphatic rings. The van der Waals surface area contributed by atoms with Crippen LogP contribution in [0.2, 0.25) is 0 Å². The van der Waals surface area contributed by atoms with Gasteiger partial charge in [0.15, 0.2) is 0 Å². The Morgan fingerprint density at radius 3 is 2.50 bits per heavy atom. The molecule has 0 unspecified atom stereocenters. The minimum Gasteiger partial charge on any atom is -0.369 e. The van der Waals surface area contributed by atoms with Gasteiger partial charge in [0.2, 0.25) is 0 Å². The monoisotopic (exact) mass is 401 g/mol. The van der Waals surface area contributed by atoms with Crippen LogP contribution in [0.15, 0.2) is 22.7 Å². The van der Waals surface area contributed by atoms with Gasteiger partial charge in [-0.1, -0.05) is 64.6 Å². The predicted octanol–water partition coefficient (Wildman–Crippen LogP) is 6.14. The summed E-state index contributed by atoms with van der Waals surface area (Å²) < 4.78 is 1.22. The molecule has 0 spiro atoms. The molecule has 0 atom stereocenters. The number of benzene rings is 1. The van der Waals surface area contributed by atoms with Gasteiger partial charge in [-0.15, -0.1) is 0 Å². The highest BCUT2D eigenvalue weighted by atomic mass is 79.9. The fraction of sp³-hybridized carbons (Fsp3) is 0.647. The van der Waals surface area contributed by atoms with Gasteiger partial charge in [-0.25, -0.2) is 0 Å².